The fourth-order valence-corrected chi connectivity index (χ4v) is 2.16. The smallest absolute Gasteiger partial charge is 0.308 e. The molecule has 1 heterocycles. The SMILES string of the molecule is CC1CCC(=O)CCCCCCC=CCCOC1=O. The third-order valence-corrected chi connectivity index (χ3v) is 3.53. The predicted octanol–water partition coefficient (Wildman–Crippen LogP) is 3.82. The van der Waals surface area contributed by atoms with E-state index in [9.17, 15) is 9.59 Å². The Morgan fingerprint density at radius 1 is 1.00 bits per heavy atom. The van der Waals surface area contributed by atoms with Crippen LogP contribution in [0.1, 0.15) is 64.7 Å². The first-order valence-electron chi connectivity index (χ1n) is 7.53. The van der Waals surface area contributed by atoms with Gasteiger partial charge in [-0.05, 0) is 32.1 Å². The lowest BCUT2D eigenvalue weighted by atomic mass is 10.0. The maximum Gasteiger partial charge on any atom is 0.308 e. The normalized spacial score (nSPS) is 25.0. The summed E-state index contributed by atoms with van der Waals surface area (Å²) >= 11 is 0. The Hall–Kier alpha value is -1.12. The van der Waals surface area contributed by atoms with Gasteiger partial charge < -0.3 is 4.74 Å². The highest BCUT2D eigenvalue weighted by Crippen LogP contribution is 2.13. The number of hydrogen-bond donors (Lipinski definition) is 0. The molecule has 1 rings (SSSR count). The lowest BCUT2D eigenvalue weighted by Gasteiger charge is -2.10. The zero-order valence-corrected chi connectivity index (χ0v) is 12.0. The Bertz CT molecular complexity index is 307. The maximum absolute atomic E-state index is 11.7. The van der Waals surface area contributed by atoms with Crippen LogP contribution >= 0.6 is 0 Å². The molecule has 3 heteroatoms. The minimum Gasteiger partial charge on any atom is -0.465 e. The molecule has 1 aliphatic rings. The van der Waals surface area contributed by atoms with Crippen molar-refractivity contribution in [3.8, 4) is 0 Å². The number of ketones is 1. The van der Waals surface area contributed by atoms with Crippen LogP contribution in [-0.4, -0.2) is 18.4 Å². The number of cyclic esters (lactones) is 1. The molecule has 0 fully saturated rings. The Kier molecular flexibility index (Phi) is 8.19. The van der Waals surface area contributed by atoms with Gasteiger partial charge in [0, 0.05) is 12.8 Å². The lowest BCUT2D eigenvalue weighted by Crippen LogP contribution is -2.16. The van der Waals surface area contributed by atoms with Gasteiger partial charge in [0.2, 0.25) is 0 Å². The Balaban J connectivity index is 2.40. The number of carbonyl (C=O) groups is 2. The molecule has 0 radical (unpaired) electrons. The second kappa shape index (κ2) is 9.76. The number of Topliss-reactive ketones (excluding diaryl/α,β-unsaturated/α-hetero) is 1. The van der Waals surface area contributed by atoms with E-state index in [0.717, 1.165) is 25.7 Å². The van der Waals surface area contributed by atoms with Crippen LogP contribution < -0.4 is 0 Å². The van der Waals surface area contributed by atoms with Crippen LogP contribution in [0.2, 0.25) is 0 Å². The zero-order chi connectivity index (χ0) is 13.9. The molecule has 1 aliphatic heterocycles. The average Bonchev–Trinajstić information content (AvgIpc) is 2.40. The van der Waals surface area contributed by atoms with Crippen molar-refractivity contribution < 1.29 is 14.3 Å². The van der Waals surface area contributed by atoms with Crippen LogP contribution in [0.4, 0.5) is 0 Å². The highest BCUT2D eigenvalue weighted by molar-refractivity contribution is 5.79. The summed E-state index contributed by atoms with van der Waals surface area (Å²) in [6, 6.07) is 0. The van der Waals surface area contributed by atoms with Crippen molar-refractivity contribution >= 4 is 11.8 Å². The monoisotopic (exact) mass is 266 g/mol. The molecule has 0 saturated heterocycles. The molecule has 0 spiro atoms. The average molecular weight is 266 g/mol. The molecule has 108 valence electrons. The number of hydrogen-bond acceptors (Lipinski definition) is 3. The van der Waals surface area contributed by atoms with E-state index in [4.69, 9.17) is 4.74 Å². The Morgan fingerprint density at radius 3 is 2.58 bits per heavy atom. The van der Waals surface area contributed by atoms with Crippen LogP contribution in [0, 0.1) is 5.92 Å². The predicted molar refractivity (Wildman–Crippen MR) is 75.8 cm³/mol. The summed E-state index contributed by atoms with van der Waals surface area (Å²) in [4.78, 5) is 23.3. The van der Waals surface area contributed by atoms with E-state index in [1.54, 1.807) is 0 Å². The minimum atomic E-state index is -0.173. The Morgan fingerprint density at radius 2 is 1.74 bits per heavy atom. The topological polar surface area (TPSA) is 43.4 Å². The quantitative estimate of drug-likeness (QED) is 0.494. The van der Waals surface area contributed by atoms with Crippen molar-refractivity contribution in [2.45, 2.75) is 64.7 Å². The van der Waals surface area contributed by atoms with E-state index < -0.39 is 0 Å². The zero-order valence-electron chi connectivity index (χ0n) is 12.0. The van der Waals surface area contributed by atoms with E-state index in [2.05, 4.69) is 12.2 Å². The summed E-state index contributed by atoms with van der Waals surface area (Å²) in [6.07, 6.45) is 12.4. The van der Waals surface area contributed by atoms with Crippen LogP contribution in [0.5, 0.6) is 0 Å². The van der Waals surface area contributed by atoms with E-state index in [0.29, 0.717) is 25.9 Å². The molecule has 0 saturated carbocycles. The molecule has 19 heavy (non-hydrogen) atoms. The van der Waals surface area contributed by atoms with Crippen LogP contribution in [0.3, 0.4) is 0 Å². The highest BCUT2D eigenvalue weighted by atomic mass is 16.5. The van der Waals surface area contributed by atoms with E-state index >= 15 is 0 Å². The second-order valence-corrected chi connectivity index (χ2v) is 5.36. The summed E-state index contributed by atoms with van der Waals surface area (Å²) < 4.78 is 5.19. The number of carbonyl (C=O) groups excluding carboxylic acids is 2. The number of esters is 1. The first-order chi connectivity index (χ1) is 9.20. The summed E-state index contributed by atoms with van der Waals surface area (Å²) in [5.41, 5.74) is 0. The molecule has 0 bridgehead atoms. The summed E-state index contributed by atoms with van der Waals surface area (Å²) in [5, 5.41) is 0. The largest absolute Gasteiger partial charge is 0.465 e. The minimum absolute atomic E-state index is 0.166. The summed E-state index contributed by atoms with van der Waals surface area (Å²) in [6.45, 7) is 2.29. The van der Waals surface area contributed by atoms with Gasteiger partial charge in [0.15, 0.2) is 0 Å². The number of allylic oxidation sites excluding steroid dienone is 1. The molecule has 0 aromatic heterocycles. The van der Waals surface area contributed by atoms with Gasteiger partial charge in [-0.1, -0.05) is 31.9 Å². The van der Waals surface area contributed by atoms with Gasteiger partial charge >= 0.3 is 5.97 Å². The van der Waals surface area contributed by atoms with Crippen LogP contribution in [-0.2, 0) is 14.3 Å². The first-order valence-corrected chi connectivity index (χ1v) is 7.53. The van der Waals surface area contributed by atoms with E-state index in [-0.39, 0.29) is 17.7 Å². The standard InChI is InChI=1S/C16H26O3/c1-14-11-12-15(17)10-8-6-4-2-3-5-7-9-13-19-16(14)18/h5,7,14H,2-4,6,8-13H2,1H3. The van der Waals surface area contributed by atoms with Crippen LogP contribution in [0.25, 0.3) is 0 Å². The summed E-state index contributed by atoms with van der Waals surface area (Å²) in [5.74, 6) is -0.0548. The molecule has 1 unspecified atom stereocenters. The fourth-order valence-electron chi connectivity index (χ4n) is 2.16. The van der Waals surface area contributed by atoms with Crippen molar-refractivity contribution in [1.82, 2.24) is 0 Å². The van der Waals surface area contributed by atoms with Gasteiger partial charge in [0.25, 0.3) is 0 Å². The Labute approximate surface area is 116 Å². The maximum atomic E-state index is 11.7. The molecule has 0 aromatic carbocycles. The van der Waals surface area contributed by atoms with Gasteiger partial charge in [-0.2, -0.15) is 0 Å². The molecule has 0 amide bonds. The summed E-state index contributed by atoms with van der Waals surface area (Å²) in [7, 11) is 0. The van der Waals surface area contributed by atoms with Crippen molar-refractivity contribution in [3.63, 3.8) is 0 Å². The van der Waals surface area contributed by atoms with Gasteiger partial charge in [-0.25, -0.2) is 0 Å². The highest BCUT2D eigenvalue weighted by Gasteiger charge is 2.15. The first kappa shape index (κ1) is 15.9. The third-order valence-electron chi connectivity index (χ3n) is 3.53. The van der Waals surface area contributed by atoms with Crippen molar-refractivity contribution in [3.05, 3.63) is 12.2 Å². The number of ether oxygens (including phenoxy) is 1. The molecule has 0 aromatic rings. The fraction of sp³-hybridized carbons (Fsp3) is 0.750. The second-order valence-electron chi connectivity index (χ2n) is 5.36. The van der Waals surface area contributed by atoms with E-state index in [1.165, 1.54) is 12.8 Å². The van der Waals surface area contributed by atoms with E-state index in [1.807, 2.05) is 6.92 Å². The molecule has 0 aliphatic carbocycles. The van der Waals surface area contributed by atoms with Gasteiger partial charge in [-0.3, -0.25) is 9.59 Å². The lowest BCUT2D eigenvalue weighted by molar-refractivity contribution is -0.148. The van der Waals surface area contributed by atoms with Gasteiger partial charge in [-0.15, -0.1) is 0 Å². The third kappa shape index (κ3) is 7.81. The van der Waals surface area contributed by atoms with Crippen molar-refractivity contribution in [2.75, 3.05) is 6.61 Å². The molecular formula is C16H26O3. The van der Waals surface area contributed by atoms with Crippen molar-refractivity contribution in [2.24, 2.45) is 5.92 Å². The van der Waals surface area contributed by atoms with Gasteiger partial charge in [0.1, 0.15) is 5.78 Å². The van der Waals surface area contributed by atoms with Crippen LogP contribution in [0.15, 0.2) is 12.2 Å². The van der Waals surface area contributed by atoms with Crippen molar-refractivity contribution in [1.29, 1.82) is 0 Å². The molecule has 0 N–H and O–H groups in total. The number of rotatable bonds is 0. The molecule has 1 atom stereocenters. The molecular weight excluding hydrogens is 240 g/mol. The van der Waals surface area contributed by atoms with Gasteiger partial charge in [0.05, 0.1) is 12.5 Å². The molecule has 3 nitrogen and oxygen atoms in total.